The molecule has 0 aliphatic carbocycles. The molecule has 0 rings (SSSR count). The van der Waals surface area contributed by atoms with Crippen molar-refractivity contribution < 1.29 is 9.84 Å². The van der Waals surface area contributed by atoms with Crippen LogP contribution in [0.15, 0.2) is 0 Å². The van der Waals surface area contributed by atoms with Gasteiger partial charge in [0.15, 0.2) is 0 Å². The molecule has 0 radical (unpaired) electrons. The van der Waals surface area contributed by atoms with Crippen LogP contribution in [0.4, 0.5) is 0 Å². The van der Waals surface area contributed by atoms with Crippen molar-refractivity contribution in [2.24, 2.45) is 0 Å². The van der Waals surface area contributed by atoms with Crippen LogP contribution in [0.3, 0.4) is 0 Å². The highest BCUT2D eigenvalue weighted by Gasteiger charge is 2.14. The van der Waals surface area contributed by atoms with Crippen molar-refractivity contribution in [2.45, 2.75) is 58.8 Å². The van der Waals surface area contributed by atoms with E-state index in [1.54, 1.807) is 0 Å². The third-order valence-corrected chi connectivity index (χ3v) is 2.69. The second-order valence-corrected chi connectivity index (χ2v) is 4.45. The number of aliphatic hydroxyl groups excluding tert-OH is 1. The third kappa shape index (κ3) is 6.88. The number of hydrogen-bond acceptors (Lipinski definition) is 3. The van der Waals surface area contributed by atoms with Gasteiger partial charge in [0, 0.05) is 12.6 Å². The van der Waals surface area contributed by atoms with E-state index in [1.807, 2.05) is 13.8 Å². The topological polar surface area (TPSA) is 32.7 Å². The van der Waals surface area contributed by atoms with Crippen LogP contribution < -0.4 is 0 Å². The Morgan fingerprint density at radius 3 is 2.13 bits per heavy atom. The smallest absolute Gasteiger partial charge is 0.0900 e. The summed E-state index contributed by atoms with van der Waals surface area (Å²) in [6.07, 6.45) is 2.08. The Kier molecular flexibility index (Phi) is 8.02. The lowest BCUT2D eigenvalue weighted by Crippen LogP contribution is -2.38. The summed E-state index contributed by atoms with van der Waals surface area (Å²) in [5.41, 5.74) is 0. The molecule has 0 saturated carbocycles. The van der Waals surface area contributed by atoms with E-state index in [0.29, 0.717) is 19.2 Å². The zero-order valence-electron chi connectivity index (χ0n) is 10.9. The van der Waals surface area contributed by atoms with E-state index < -0.39 is 0 Å². The Morgan fingerprint density at radius 1 is 1.20 bits per heavy atom. The van der Waals surface area contributed by atoms with Crippen molar-refractivity contribution >= 4 is 0 Å². The zero-order valence-corrected chi connectivity index (χ0v) is 10.9. The van der Waals surface area contributed by atoms with Gasteiger partial charge in [-0.3, -0.25) is 0 Å². The van der Waals surface area contributed by atoms with E-state index >= 15 is 0 Å². The Morgan fingerprint density at radius 2 is 1.73 bits per heavy atom. The molecule has 0 fully saturated rings. The maximum absolute atomic E-state index is 9.74. The first-order chi connectivity index (χ1) is 7.01. The van der Waals surface area contributed by atoms with Crippen LogP contribution >= 0.6 is 0 Å². The predicted molar refractivity (Wildman–Crippen MR) is 64.1 cm³/mol. The standard InChI is InChI=1S/C12H27NO2/c1-6-11(7-2)13(5)8-12(14)9-15-10(3)4/h10-12,14H,6-9H2,1-5H3. The number of hydrogen-bond donors (Lipinski definition) is 1. The molecular formula is C12H27NO2. The summed E-state index contributed by atoms with van der Waals surface area (Å²) < 4.78 is 5.37. The molecule has 92 valence electrons. The first-order valence-corrected chi connectivity index (χ1v) is 6.01. The van der Waals surface area contributed by atoms with Crippen molar-refractivity contribution in [3.05, 3.63) is 0 Å². The molecule has 0 amide bonds. The maximum atomic E-state index is 9.74. The van der Waals surface area contributed by atoms with E-state index in [1.165, 1.54) is 0 Å². The van der Waals surface area contributed by atoms with Crippen molar-refractivity contribution in [1.29, 1.82) is 0 Å². The second kappa shape index (κ2) is 8.08. The fourth-order valence-corrected chi connectivity index (χ4v) is 1.75. The van der Waals surface area contributed by atoms with Crippen LogP contribution in [0.2, 0.25) is 0 Å². The summed E-state index contributed by atoms with van der Waals surface area (Å²) in [5, 5.41) is 9.74. The molecule has 15 heavy (non-hydrogen) atoms. The van der Waals surface area contributed by atoms with Gasteiger partial charge in [-0.2, -0.15) is 0 Å². The van der Waals surface area contributed by atoms with Gasteiger partial charge in [0.25, 0.3) is 0 Å². The maximum Gasteiger partial charge on any atom is 0.0900 e. The minimum Gasteiger partial charge on any atom is -0.389 e. The summed E-state index contributed by atoms with van der Waals surface area (Å²) in [6.45, 7) is 9.46. The van der Waals surface area contributed by atoms with Crippen molar-refractivity contribution in [1.82, 2.24) is 4.90 Å². The fraction of sp³-hybridized carbons (Fsp3) is 1.00. The Hall–Kier alpha value is -0.120. The summed E-state index contributed by atoms with van der Waals surface area (Å²) in [4.78, 5) is 2.22. The van der Waals surface area contributed by atoms with E-state index in [0.717, 1.165) is 12.8 Å². The van der Waals surface area contributed by atoms with Crippen LogP contribution in [-0.4, -0.2) is 48.5 Å². The minimum atomic E-state index is -0.377. The summed E-state index contributed by atoms with van der Waals surface area (Å²) in [6, 6.07) is 0.568. The summed E-state index contributed by atoms with van der Waals surface area (Å²) >= 11 is 0. The molecule has 1 atom stereocenters. The van der Waals surface area contributed by atoms with Gasteiger partial charge in [0.2, 0.25) is 0 Å². The molecule has 3 heteroatoms. The van der Waals surface area contributed by atoms with Gasteiger partial charge >= 0.3 is 0 Å². The quantitative estimate of drug-likeness (QED) is 0.674. The van der Waals surface area contributed by atoms with E-state index in [9.17, 15) is 5.11 Å². The molecule has 1 unspecified atom stereocenters. The lowest BCUT2D eigenvalue weighted by Gasteiger charge is -2.28. The van der Waals surface area contributed by atoms with Gasteiger partial charge < -0.3 is 14.7 Å². The lowest BCUT2D eigenvalue weighted by molar-refractivity contribution is -0.0106. The molecule has 0 spiro atoms. The van der Waals surface area contributed by atoms with Crippen LogP contribution in [-0.2, 0) is 4.74 Å². The number of aliphatic hydroxyl groups is 1. The number of ether oxygens (including phenoxy) is 1. The van der Waals surface area contributed by atoms with Crippen LogP contribution in [0.25, 0.3) is 0 Å². The molecule has 0 aliphatic rings. The molecule has 1 N–H and O–H groups in total. The Bertz CT molecular complexity index is 147. The monoisotopic (exact) mass is 217 g/mol. The van der Waals surface area contributed by atoms with E-state index in [2.05, 4.69) is 25.8 Å². The highest BCUT2D eigenvalue weighted by Crippen LogP contribution is 2.06. The van der Waals surface area contributed by atoms with Crippen LogP contribution in [0, 0.1) is 0 Å². The molecule has 0 bridgehead atoms. The van der Waals surface area contributed by atoms with Gasteiger partial charge in [0.05, 0.1) is 18.8 Å². The van der Waals surface area contributed by atoms with E-state index in [4.69, 9.17) is 4.74 Å². The largest absolute Gasteiger partial charge is 0.389 e. The van der Waals surface area contributed by atoms with Gasteiger partial charge in [-0.1, -0.05) is 13.8 Å². The van der Waals surface area contributed by atoms with Crippen LogP contribution in [0.1, 0.15) is 40.5 Å². The minimum absolute atomic E-state index is 0.193. The molecular weight excluding hydrogens is 190 g/mol. The normalized spacial score (nSPS) is 14.2. The molecule has 0 aromatic carbocycles. The van der Waals surface area contributed by atoms with Crippen molar-refractivity contribution in [3.63, 3.8) is 0 Å². The van der Waals surface area contributed by atoms with Crippen LogP contribution in [0.5, 0.6) is 0 Å². The summed E-state index contributed by atoms with van der Waals surface area (Å²) in [5.74, 6) is 0. The molecule has 0 heterocycles. The molecule has 0 aromatic heterocycles. The lowest BCUT2D eigenvalue weighted by atomic mass is 10.1. The van der Waals surface area contributed by atoms with Crippen molar-refractivity contribution in [2.75, 3.05) is 20.2 Å². The van der Waals surface area contributed by atoms with E-state index in [-0.39, 0.29) is 12.2 Å². The highest BCUT2D eigenvalue weighted by atomic mass is 16.5. The summed E-state index contributed by atoms with van der Waals surface area (Å²) in [7, 11) is 2.07. The zero-order chi connectivity index (χ0) is 11.8. The first-order valence-electron chi connectivity index (χ1n) is 6.01. The van der Waals surface area contributed by atoms with Crippen molar-refractivity contribution in [3.8, 4) is 0 Å². The Balaban J connectivity index is 3.78. The number of nitrogens with zero attached hydrogens (tertiary/aromatic N) is 1. The SMILES string of the molecule is CCC(CC)N(C)CC(O)COC(C)C. The average molecular weight is 217 g/mol. The highest BCUT2D eigenvalue weighted by molar-refractivity contribution is 4.69. The first kappa shape index (κ1) is 14.9. The molecule has 0 saturated heterocycles. The fourth-order valence-electron chi connectivity index (χ4n) is 1.75. The number of likely N-dealkylation sites (N-methyl/N-ethyl adjacent to an activating group) is 1. The molecule has 0 aromatic rings. The molecule has 3 nitrogen and oxygen atoms in total. The average Bonchev–Trinajstić information content (AvgIpc) is 2.16. The third-order valence-electron chi connectivity index (χ3n) is 2.69. The van der Waals surface area contributed by atoms with Gasteiger partial charge in [-0.05, 0) is 33.7 Å². The second-order valence-electron chi connectivity index (χ2n) is 4.45. The Labute approximate surface area is 94.4 Å². The van der Waals surface area contributed by atoms with Gasteiger partial charge in [-0.25, -0.2) is 0 Å². The molecule has 0 aliphatic heterocycles. The van der Waals surface area contributed by atoms with Gasteiger partial charge in [0.1, 0.15) is 0 Å². The van der Waals surface area contributed by atoms with Gasteiger partial charge in [-0.15, -0.1) is 0 Å². The predicted octanol–water partition coefficient (Wildman–Crippen LogP) is 1.89. The number of rotatable bonds is 8.